The first-order valence-corrected chi connectivity index (χ1v) is 4.96. The third-order valence-electron chi connectivity index (χ3n) is 2.36. The SMILES string of the molecule is CC(=O)CC1=CCCCCCC1. The van der Waals surface area contributed by atoms with Crippen LogP contribution in [0, 0.1) is 0 Å². The van der Waals surface area contributed by atoms with Crippen molar-refractivity contribution in [2.24, 2.45) is 0 Å². The van der Waals surface area contributed by atoms with E-state index in [1.54, 1.807) is 6.92 Å². The standard InChI is InChI=1S/C11H18O/c1-10(12)9-11-7-5-3-2-4-6-8-11/h7H,2-6,8-9H2,1H3. The number of allylic oxidation sites excluding steroid dienone is 2. The summed E-state index contributed by atoms with van der Waals surface area (Å²) < 4.78 is 0. The summed E-state index contributed by atoms with van der Waals surface area (Å²) in [6, 6.07) is 0. The van der Waals surface area contributed by atoms with Crippen LogP contribution in [0.2, 0.25) is 0 Å². The van der Waals surface area contributed by atoms with Crippen LogP contribution in [-0.4, -0.2) is 5.78 Å². The molecule has 0 heterocycles. The number of Topliss-reactive ketones (excluding diaryl/α,β-unsaturated/α-hetero) is 1. The first-order valence-electron chi connectivity index (χ1n) is 4.96. The number of carbonyl (C=O) groups is 1. The van der Waals surface area contributed by atoms with Gasteiger partial charge in [-0.15, -0.1) is 0 Å². The summed E-state index contributed by atoms with van der Waals surface area (Å²) in [5.74, 6) is 0.307. The molecule has 0 atom stereocenters. The quantitative estimate of drug-likeness (QED) is 0.575. The number of hydrogen-bond donors (Lipinski definition) is 0. The molecule has 0 unspecified atom stereocenters. The summed E-state index contributed by atoms with van der Waals surface area (Å²) in [6.45, 7) is 1.68. The van der Waals surface area contributed by atoms with E-state index in [-0.39, 0.29) is 0 Å². The van der Waals surface area contributed by atoms with E-state index in [0.717, 1.165) is 6.42 Å². The largest absolute Gasteiger partial charge is 0.300 e. The van der Waals surface area contributed by atoms with Crippen LogP contribution in [0.4, 0.5) is 0 Å². The van der Waals surface area contributed by atoms with Gasteiger partial charge in [-0.3, -0.25) is 4.79 Å². The summed E-state index contributed by atoms with van der Waals surface area (Å²) in [5, 5.41) is 0. The first-order chi connectivity index (χ1) is 5.79. The molecular formula is C11H18O. The van der Waals surface area contributed by atoms with Crippen LogP contribution in [0.15, 0.2) is 11.6 Å². The highest BCUT2D eigenvalue weighted by molar-refractivity contribution is 5.78. The average Bonchev–Trinajstić information content (AvgIpc) is 1.93. The molecule has 0 N–H and O–H groups in total. The fourth-order valence-electron chi connectivity index (χ4n) is 1.74. The maximum atomic E-state index is 10.9. The maximum absolute atomic E-state index is 10.9. The number of hydrogen-bond acceptors (Lipinski definition) is 1. The predicted octanol–water partition coefficient (Wildman–Crippen LogP) is 3.25. The molecule has 0 aromatic carbocycles. The van der Waals surface area contributed by atoms with Crippen LogP contribution in [0.3, 0.4) is 0 Å². The number of rotatable bonds is 2. The van der Waals surface area contributed by atoms with Gasteiger partial charge in [0.05, 0.1) is 0 Å². The molecule has 1 aliphatic carbocycles. The zero-order valence-corrected chi connectivity index (χ0v) is 7.94. The second kappa shape index (κ2) is 5.13. The summed E-state index contributed by atoms with van der Waals surface area (Å²) in [7, 11) is 0. The van der Waals surface area contributed by atoms with Crippen molar-refractivity contribution < 1.29 is 4.79 Å². The Morgan fingerprint density at radius 1 is 1.33 bits per heavy atom. The summed E-state index contributed by atoms with van der Waals surface area (Å²) >= 11 is 0. The first kappa shape index (κ1) is 9.50. The molecule has 0 spiro atoms. The van der Waals surface area contributed by atoms with Crippen molar-refractivity contribution in [3.63, 3.8) is 0 Å². The molecule has 0 aromatic rings. The highest BCUT2D eigenvalue weighted by atomic mass is 16.1. The van der Waals surface area contributed by atoms with Gasteiger partial charge in [0.15, 0.2) is 0 Å². The molecule has 0 bridgehead atoms. The Balaban J connectivity index is 2.41. The van der Waals surface area contributed by atoms with Crippen LogP contribution in [-0.2, 0) is 4.79 Å². The summed E-state index contributed by atoms with van der Waals surface area (Å²) in [5.41, 5.74) is 1.38. The van der Waals surface area contributed by atoms with E-state index in [4.69, 9.17) is 0 Å². The predicted molar refractivity (Wildman–Crippen MR) is 51.1 cm³/mol. The molecule has 1 rings (SSSR count). The van der Waals surface area contributed by atoms with E-state index in [1.807, 2.05) is 0 Å². The number of carbonyl (C=O) groups excluding carboxylic acids is 1. The second-order valence-corrected chi connectivity index (χ2v) is 3.69. The highest BCUT2D eigenvalue weighted by Crippen LogP contribution is 2.19. The van der Waals surface area contributed by atoms with Crippen molar-refractivity contribution in [3.05, 3.63) is 11.6 Å². The van der Waals surface area contributed by atoms with E-state index in [9.17, 15) is 4.79 Å². The molecule has 68 valence electrons. The summed E-state index contributed by atoms with van der Waals surface area (Å²) in [4.78, 5) is 10.9. The molecule has 1 heteroatoms. The number of ketones is 1. The lowest BCUT2D eigenvalue weighted by Crippen LogP contribution is -1.96. The Bertz CT molecular complexity index is 179. The van der Waals surface area contributed by atoms with Gasteiger partial charge in [0.2, 0.25) is 0 Å². The molecule has 0 saturated carbocycles. The lowest BCUT2D eigenvalue weighted by Gasteiger charge is -2.09. The third kappa shape index (κ3) is 3.70. The fraction of sp³-hybridized carbons (Fsp3) is 0.727. The van der Waals surface area contributed by atoms with Gasteiger partial charge in [-0.1, -0.05) is 24.5 Å². The van der Waals surface area contributed by atoms with E-state index >= 15 is 0 Å². The zero-order valence-electron chi connectivity index (χ0n) is 7.94. The van der Waals surface area contributed by atoms with Crippen LogP contribution in [0.25, 0.3) is 0 Å². The normalized spacial score (nSPS) is 19.2. The molecule has 1 aliphatic rings. The molecule has 0 aliphatic heterocycles. The van der Waals surface area contributed by atoms with Gasteiger partial charge in [-0.25, -0.2) is 0 Å². The van der Waals surface area contributed by atoms with Crippen molar-refractivity contribution in [1.82, 2.24) is 0 Å². The topological polar surface area (TPSA) is 17.1 Å². The highest BCUT2D eigenvalue weighted by Gasteiger charge is 2.03. The van der Waals surface area contributed by atoms with Gasteiger partial charge < -0.3 is 0 Å². The van der Waals surface area contributed by atoms with Gasteiger partial charge in [0, 0.05) is 6.42 Å². The molecular weight excluding hydrogens is 148 g/mol. The van der Waals surface area contributed by atoms with Gasteiger partial charge in [0.1, 0.15) is 5.78 Å². The monoisotopic (exact) mass is 166 g/mol. The second-order valence-electron chi connectivity index (χ2n) is 3.69. The lowest BCUT2D eigenvalue weighted by atomic mass is 9.97. The van der Waals surface area contributed by atoms with E-state index in [2.05, 4.69) is 6.08 Å². The Labute approximate surface area is 74.9 Å². The molecule has 0 radical (unpaired) electrons. The molecule has 0 saturated heterocycles. The minimum absolute atomic E-state index is 0.307. The minimum atomic E-state index is 0.307. The molecule has 0 amide bonds. The van der Waals surface area contributed by atoms with Gasteiger partial charge in [-0.05, 0) is 32.6 Å². The van der Waals surface area contributed by atoms with Crippen LogP contribution in [0.5, 0.6) is 0 Å². The smallest absolute Gasteiger partial charge is 0.133 e. The third-order valence-corrected chi connectivity index (χ3v) is 2.36. The lowest BCUT2D eigenvalue weighted by molar-refractivity contribution is -0.116. The Morgan fingerprint density at radius 3 is 2.83 bits per heavy atom. The Morgan fingerprint density at radius 2 is 2.08 bits per heavy atom. The van der Waals surface area contributed by atoms with E-state index in [1.165, 1.54) is 37.7 Å². The van der Waals surface area contributed by atoms with Crippen molar-refractivity contribution >= 4 is 5.78 Å². The van der Waals surface area contributed by atoms with Crippen LogP contribution in [0.1, 0.15) is 51.9 Å². The molecule has 0 fully saturated rings. The summed E-state index contributed by atoms with van der Waals surface area (Å²) in [6.07, 6.45) is 10.6. The van der Waals surface area contributed by atoms with Gasteiger partial charge in [-0.2, -0.15) is 0 Å². The Kier molecular flexibility index (Phi) is 4.06. The van der Waals surface area contributed by atoms with E-state index < -0.39 is 0 Å². The van der Waals surface area contributed by atoms with Crippen LogP contribution < -0.4 is 0 Å². The molecule has 1 nitrogen and oxygen atoms in total. The van der Waals surface area contributed by atoms with Crippen molar-refractivity contribution in [2.75, 3.05) is 0 Å². The van der Waals surface area contributed by atoms with Gasteiger partial charge >= 0.3 is 0 Å². The van der Waals surface area contributed by atoms with Crippen molar-refractivity contribution in [2.45, 2.75) is 51.9 Å². The maximum Gasteiger partial charge on any atom is 0.133 e. The van der Waals surface area contributed by atoms with Crippen LogP contribution >= 0.6 is 0 Å². The Hall–Kier alpha value is -0.590. The van der Waals surface area contributed by atoms with E-state index in [0.29, 0.717) is 12.2 Å². The average molecular weight is 166 g/mol. The van der Waals surface area contributed by atoms with Crippen molar-refractivity contribution in [3.8, 4) is 0 Å². The fourth-order valence-corrected chi connectivity index (χ4v) is 1.74. The zero-order chi connectivity index (χ0) is 8.81. The molecule has 12 heavy (non-hydrogen) atoms. The molecule has 0 aromatic heterocycles. The van der Waals surface area contributed by atoms with Crippen molar-refractivity contribution in [1.29, 1.82) is 0 Å². The minimum Gasteiger partial charge on any atom is -0.300 e. The van der Waals surface area contributed by atoms with Gasteiger partial charge in [0.25, 0.3) is 0 Å².